The molecule has 1 aromatic heterocycles. The molecule has 174 valence electrons. The van der Waals surface area contributed by atoms with Crippen molar-refractivity contribution in [2.75, 3.05) is 59.4 Å². The molecular weight excluding hydrogens is 404 g/mol. The molecule has 0 radical (unpaired) electrons. The van der Waals surface area contributed by atoms with Gasteiger partial charge in [0.15, 0.2) is 0 Å². The molecule has 32 heavy (non-hydrogen) atoms. The van der Waals surface area contributed by atoms with Crippen LogP contribution in [0.2, 0.25) is 0 Å². The van der Waals surface area contributed by atoms with Crippen molar-refractivity contribution in [2.45, 2.75) is 32.7 Å². The molecule has 2 aliphatic heterocycles. The van der Waals surface area contributed by atoms with Crippen molar-refractivity contribution < 1.29 is 9.32 Å². The average Bonchev–Trinajstić information content (AvgIpc) is 3.26. The fraction of sp³-hybridized carbons (Fsp3) is 0.625. The highest BCUT2D eigenvalue weighted by atomic mass is 16.5. The number of likely N-dealkylation sites (tertiary alicyclic amines) is 1. The van der Waals surface area contributed by atoms with E-state index in [0.717, 1.165) is 82.7 Å². The van der Waals surface area contributed by atoms with Gasteiger partial charge in [-0.2, -0.15) is 4.98 Å². The van der Waals surface area contributed by atoms with Gasteiger partial charge in [-0.1, -0.05) is 29.4 Å². The molecule has 8 heteroatoms. The lowest BCUT2D eigenvalue weighted by Gasteiger charge is -2.32. The summed E-state index contributed by atoms with van der Waals surface area (Å²) >= 11 is 0. The first kappa shape index (κ1) is 22.9. The number of rotatable bonds is 8. The van der Waals surface area contributed by atoms with E-state index in [2.05, 4.69) is 37.2 Å². The van der Waals surface area contributed by atoms with E-state index in [1.165, 1.54) is 0 Å². The van der Waals surface area contributed by atoms with Crippen molar-refractivity contribution in [2.24, 2.45) is 5.92 Å². The van der Waals surface area contributed by atoms with Gasteiger partial charge in [0.25, 0.3) is 0 Å². The maximum Gasteiger partial charge on any atom is 0.241 e. The highest BCUT2D eigenvalue weighted by molar-refractivity contribution is 5.78. The average molecular weight is 441 g/mol. The minimum Gasteiger partial charge on any atom is -0.356 e. The van der Waals surface area contributed by atoms with Gasteiger partial charge in [0, 0.05) is 44.8 Å². The van der Waals surface area contributed by atoms with Crippen LogP contribution in [0.5, 0.6) is 0 Å². The lowest BCUT2D eigenvalue weighted by Crippen LogP contribution is -2.45. The summed E-state index contributed by atoms with van der Waals surface area (Å²) in [7, 11) is 2.17. The first-order valence-corrected chi connectivity index (χ1v) is 11.9. The topological polar surface area (TPSA) is 77.7 Å². The van der Waals surface area contributed by atoms with Gasteiger partial charge in [-0.15, -0.1) is 0 Å². The third-order valence-corrected chi connectivity index (χ3v) is 6.64. The summed E-state index contributed by atoms with van der Waals surface area (Å²) in [5.74, 6) is 1.45. The molecule has 1 unspecified atom stereocenters. The normalized spacial score (nSPS) is 21.0. The van der Waals surface area contributed by atoms with Gasteiger partial charge in [0.1, 0.15) is 0 Å². The van der Waals surface area contributed by atoms with Crippen LogP contribution >= 0.6 is 0 Å². The van der Waals surface area contributed by atoms with Gasteiger partial charge in [0.2, 0.25) is 17.6 Å². The van der Waals surface area contributed by atoms with Crippen LogP contribution in [0.3, 0.4) is 0 Å². The van der Waals surface area contributed by atoms with Crippen molar-refractivity contribution in [3.63, 3.8) is 0 Å². The van der Waals surface area contributed by atoms with Crippen LogP contribution < -0.4 is 5.32 Å². The van der Waals surface area contributed by atoms with E-state index < -0.39 is 0 Å². The Morgan fingerprint density at radius 2 is 1.97 bits per heavy atom. The summed E-state index contributed by atoms with van der Waals surface area (Å²) in [4.78, 5) is 24.4. The number of carbonyl (C=O) groups is 1. The van der Waals surface area contributed by atoms with Crippen LogP contribution in [-0.4, -0.2) is 90.2 Å². The Morgan fingerprint density at radius 3 is 2.78 bits per heavy atom. The van der Waals surface area contributed by atoms with Gasteiger partial charge in [-0.05, 0) is 51.9 Å². The SMILES string of the molecule is Cc1ccccc1-c1noc(CN2CCCC(C(=O)NCCCN3CCN(C)CC3)C2)n1. The van der Waals surface area contributed by atoms with Crippen molar-refractivity contribution in [3.05, 3.63) is 35.7 Å². The zero-order chi connectivity index (χ0) is 22.3. The number of aryl methyl sites for hydroxylation is 1. The Hall–Kier alpha value is -2.29. The van der Waals surface area contributed by atoms with Crippen LogP contribution in [0.15, 0.2) is 28.8 Å². The van der Waals surface area contributed by atoms with Crippen LogP contribution in [-0.2, 0) is 11.3 Å². The van der Waals surface area contributed by atoms with E-state index in [1.807, 2.05) is 31.2 Å². The summed E-state index contributed by atoms with van der Waals surface area (Å²) in [5.41, 5.74) is 2.12. The van der Waals surface area contributed by atoms with Crippen molar-refractivity contribution in [3.8, 4) is 11.4 Å². The number of aromatic nitrogens is 2. The largest absolute Gasteiger partial charge is 0.356 e. The molecule has 1 N–H and O–H groups in total. The molecule has 1 aromatic carbocycles. The first-order valence-electron chi connectivity index (χ1n) is 11.9. The van der Waals surface area contributed by atoms with Crippen LogP contribution in [0, 0.1) is 12.8 Å². The van der Waals surface area contributed by atoms with Crippen LogP contribution in [0.1, 0.15) is 30.7 Å². The highest BCUT2D eigenvalue weighted by Gasteiger charge is 2.27. The van der Waals surface area contributed by atoms with Crippen molar-refractivity contribution in [1.82, 2.24) is 30.2 Å². The van der Waals surface area contributed by atoms with Crippen LogP contribution in [0.4, 0.5) is 0 Å². The van der Waals surface area contributed by atoms with E-state index in [-0.39, 0.29) is 11.8 Å². The van der Waals surface area contributed by atoms with Crippen molar-refractivity contribution in [1.29, 1.82) is 0 Å². The molecule has 2 fully saturated rings. The lowest BCUT2D eigenvalue weighted by atomic mass is 9.97. The van der Waals surface area contributed by atoms with Gasteiger partial charge < -0.3 is 19.6 Å². The minimum atomic E-state index is 0.0335. The number of hydrogen-bond donors (Lipinski definition) is 1. The molecule has 8 nitrogen and oxygen atoms in total. The standard InChI is InChI=1S/C24H36N6O2/c1-19-7-3-4-9-21(19)23-26-22(32-27-23)18-30-11-5-8-20(17-30)24(31)25-10-6-12-29-15-13-28(2)14-16-29/h3-4,7,9,20H,5-6,8,10-18H2,1-2H3,(H,25,31). The summed E-state index contributed by atoms with van der Waals surface area (Å²) in [6, 6.07) is 8.04. The second kappa shape index (κ2) is 11.0. The minimum absolute atomic E-state index is 0.0335. The number of hydrogen-bond acceptors (Lipinski definition) is 7. The molecule has 1 amide bonds. The smallest absolute Gasteiger partial charge is 0.241 e. The number of piperazine rings is 1. The maximum absolute atomic E-state index is 12.7. The monoisotopic (exact) mass is 440 g/mol. The van der Waals surface area contributed by atoms with E-state index in [4.69, 9.17) is 4.52 Å². The van der Waals surface area contributed by atoms with Gasteiger partial charge >= 0.3 is 0 Å². The van der Waals surface area contributed by atoms with E-state index in [9.17, 15) is 4.79 Å². The number of likely N-dealkylation sites (N-methyl/N-ethyl adjacent to an activating group) is 1. The van der Waals surface area contributed by atoms with Gasteiger partial charge in [-0.25, -0.2) is 0 Å². The molecule has 2 aliphatic rings. The fourth-order valence-electron chi connectivity index (χ4n) is 4.59. The molecule has 3 heterocycles. The predicted molar refractivity (Wildman–Crippen MR) is 124 cm³/mol. The molecule has 0 bridgehead atoms. The van der Waals surface area contributed by atoms with E-state index in [1.54, 1.807) is 0 Å². The number of nitrogens with zero attached hydrogens (tertiary/aromatic N) is 5. The number of carbonyl (C=O) groups excluding carboxylic acids is 1. The molecule has 4 rings (SSSR count). The Balaban J connectivity index is 1.20. The summed E-state index contributed by atoms with van der Waals surface area (Å²) < 4.78 is 5.51. The number of amides is 1. The second-order valence-corrected chi connectivity index (χ2v) is 9.19. The third-order valence-electron chi connectivity index (χ3n) is 6.64. The zero-order valence-electron chi connectivity index (χ0n) is 19.4. The fourth-order valence-corrected chi connectivity index (χ4v) is 4.59. The Bertz CT molecular complexity index is 877. The Labute approximate surface area is 190 Å². The summed E-state index contributed by atoms with van der Waals surface area (Å²) in [5, 5.41) is 7.32. The first-order chi connectivity index (χ1) is 15.6. The number of piperidine rings is 1. The number of benzene rings is 1. The van der Waals surface area contributed by atoms with Gasteiger partial charge in [0.05, 0.1) is 12.5 Å². The van der Waals surface area contributed by atoms with Crippen LogP contribution in [0.25, 0.3) is 11.4 Å². The lowest BCUT2D eigenvalue weighted by molar-refractivity contribution is -0.126. The second-order valence-electron chi connectivity index (χ2n) is 9.19. The molecule has 0 aliphatic carbocycles. The molecule has 2 saturated heterocycles. The van der Waals surface area contributed by atoms with Gasteiger partial charge in [-0.3, -0.25) is 9.69 Å². The Morgan fingerprint density at radius 1 is 1.16 bits per heavy atom. The Kier molecular flexibility index (Phi) is 7.89. The summed E-state index contributed by atoms with van der Waals surface area (Å²) in [6.45, 7) is 10.7. The third kappa shape index (κ3) is 6.15. The van der Waals surface area contributed by atoms with Crippen molar-refractivity contribution >= 4 is 5.91 Å². The molecule has 1 atom stereocenters. The number of nitrogens with one attached hydrogen (secondary N) is 1. The predicted octanol–water partition coefficient (Wildman–Crippen LogP) is 2.01. The zero-order valence-corrected chi connectivity index (χ0v) is 19.4. The van der Waals surface area contributed by atoms with E-state index >= 15 is 0 Å². The molecule has 0 saturated carbocycles. The molecule has 0 spiro atoms. The summed E-state index contributed by atoms with van der Waals surface area (Å²) in [6.07, 6.45) is 2.97. The maximum atomic E-state index is 12.7. The van der Waals surface area contributed by atoms with E-state index in [0.29, 0.717) is 18.3 Å². The highest BCUT2D eigenvalue weighted by Crippen LogP contribution is 2.22. The molecular formula is C24H36N6O2. The molecule has 2 aromatic rings. The quantitative estimate of drug-likeness (QED) is 0.629.